The van der Waals surface area contributed by atoms with Crippen molar-refractivity contribution in [2.45, 2.75) is 77.2 Å². The minimum atomic E-state index is -0.605. The Balaban J connectivity index is 1.07. The summed E-state index contributed by atoms with van der Waals surface area (Å²) >= 11 is 0. The number of pyridine rings is 1. The molecule has 280 valence electrons. The van der Waals surface area contributed by atoms with Crippen molar-refractivity contribution in [3.05, 3.63) is 78.0 Å². The maximum absolute atomic E-state index is 14.4. The summed E-state index contributed by atoms with van der Waals surface area (Å²) in [4.78, 5) is 54.2. The first kappa shape index (κ1) is 34.4. The highest BCUT2D eigenvalue weighted by Crippen LogP contribution is 2.42. The number of carbonyl (C=O) groups is 3. The molecule has 5 aromatic rings. The van der Waals surface area contributed by atoms with E-state index < -0.39 is 11.7 Å². The highest BCUT2D eigenvalue weighted by atomic mass is 16.6. The summed E-state index contributed by atoms with van der Waals surface area (Å²) in [7, 11) is 1.64. The topological polar surface area (TPSA) is 124 Å². The van der Waals surface area contributed by atoms with Gasteiger partial charge in [0.25, 0.3) is 11.8 Å². The third kappa shape index (κ3) is 6.24. The smallest absolute Gasteiger partial charge is 0.407 e. The minimum absolute atomic E-state index is 0.0399. The average molecular weight is 730 g/mol. The van der Waals surface area contributed by atoms with Crippen molar-refractivity contribution < 1.29 is 23.9 Å². The summed E-state index contributed by atoms with van der Waals surface area (Å²) in [5.41, 5.74) is 4.00. The lowest BCUT2D eigenvalue weighted by atomic mass is 9.98. The maximum atomic E-state index is 14.4. The molecule has 12 heteroatoms. The van der Waals surface area contributed by atoms with Gasteiger partial charge in [0.2, 0.25) is 0 Å². The number of aromatic nitrogens is 4. The van der Waals surface area contributed by atoms with Gasteiger partial charge in [0.15, 0.2) is 5.82 Å². The number of carbonyl (C=O) groups excluding carboxylic acids is 3. The van der Waals surface area contributed by atoms with E-state index in [2.05, 4.69) is 26.6 Å². The van der Waals surface area contributed by atoms with E-state index in [1.165, 1.54) is 12.8 Å². The monoisotopic (exact) mass is 729 g/mol. The number of piperidine rings is 1. The second-order valence-electron chi connectivity index (χ2n) is 16.6. The second kappa shape index (κ2) is 13.2. The zero-order chi connectivity index (χ0) is 37.3. The Morgan fingerprint density at radius 3 is 2.37 bits per heavy atom. The first-order valence-corrected chi connectivity index (χ1v) is 19.2. The van der Waals surface area contributed by atoms with Gasteiger partial charge in [-0.2, -0.15) is 0 Å². The van der Waals surface area contributed by atoms with E-state index in [9.17, 15) is 14.4 Å². The summed E-state index contributed by atoms with van der Waals surface area (Å²) in [5, 5.41) is 4.12. The van der Waals surface area contributed by atoms with Gasteiger partial charge in [0.1, 0.15) is 22.5 Å². The molecule has 5 heterocycles. The van der Waals surface area contributed by atoms with Gasteiger partial charge >= 0.3 is 6.09 Å². The van der Waals surface area contributed by atoms with Gasteiger partial charge in [-0.15, -0.1) is 0 Å². The van der Waals surface area contributed by atoms with Crippen molar-refractivity contribution >= 4 is 40.0 Å². The Kier molecular flexibility index (Phi) is 8.39. The zero-order valence-corrected chi connectivity index (χ0v) is 31.3. The number of benzene rings is 2. The number of hydrogen-bond donors (Lipinski definition) is 1. The number of ether oxygens (including phenoxy) is 2. The van der Waals surface area contributed by atoms with E-state index in [1.807, 2.05) is 85.3 Å². The molecular weight excluding hydrogens is 683 g/mol. The van der Waals surface area contributed by atoms with Crippen LogP contribution in [0.25, 0.3) is 33.6 Å². The van der Waals surface area contributed by atoms with Crippen LogP contribution < -0.4 is 10.1 Å². The van der Waals surface area contributed by atoms with Crippen molar-refractivity contribution in [3.8, 4) is 17.3 Å². The third-order valence-electron chi connectivity index (χ3n) is 11.5. The van der Waals surface area contributed by atoms with E-state index in [4.69, 9.17) is 19.4 Å². The Morgan fingerprint density at radius 2 is 1.63 bits per heavy atom. The lowest BCUT2D eigenvalue weighted by molar-refractivity contribution is 0.0469. The molecule has 0 radical (unpaired) electrons. The van der Waals surface area contributed by atoms with Crippen molar-refractivity contribution in [2.24, 2.45) is 17.8 Å². The molecule has 0 unspecified atom stereocenters. The molecule has 9 rings (SSSR count). The van der Waals surface area contributed by atoms with Crippen LogP contribution in [0.1, 0.15) is 67.2 Å². The number of alkyl carbamates (subject to hydrolysis) is 1. The van der Waals surface area contributed by atoms with Crippen LogP contribution >= 0.6 is 0 Å². The Morgan fingerprint density at radius 1 is 0.852 bits per heavy atom. The molecule has 4 aliphatic rings. The predicted octanol–water partition coefficient (Wildman–Crippen LogP) is 6.37. The molecule has 3 aromatic heterocycles. The molecule has 4 fully saturated rings. The molecule has 1 N–H and O–H groups in total. The summed E-state index contributed by atoms with van der Waals surface area (Å²) in [6.07, 6.45) is 5.55. The Hall–Kier alpha value is -5.39. The minimum Gasteiger partial charge on any atom is -0.494 e. The molecule has 12 nitrogen and oxygen atoms in total. The molecule has 54 heavy (non-hydrogen) atoms. The van der Waals surface area contributed by atoms with E-state index in [0.29, 0.717) is 54.5 Å². The molecule has 2 saturated heterocycles. The van der Waals surface area contributed by atoms with Crippen LogP contribution in [0.3, 0.4) is 0 Å². The van der Waals surface area contributed by atoms with E-state index >= 15 is 0 Å². The quantitative estimate of drug-likeness (QED) is 0.187. The highest BCUT2D eigenvalue weighted by molar-refractivity contribution is 6.01. The maximum Gasteiger partial charge on any atom is 0.407 e. The summed E-state index contributed by atoms with van der Waals surface area (Å²) in [6.45, 7) is 8.86. The highest BCUT2D eigenvalue weighted by Gasteiger charge is 2.50. The number of likely N-dealkylation sites (tertiary alicyclic amines) is 2. The molecule has 2 aliphatic carbocycles. The Bertz CT molecular complexity index is 2260. The van der Waals surface area contributed by atoms with Crippen molar-refractivity contribution in [2.75, 3.05) is 26.7 Å². The van der Waals surface area contributed by atoms with Crippen molar-refractivity contribution in [1.82, 2.24) is 34.2 Å². The number of nitrogens with one attached hydrogen (secondary N) is 1. The van der Waals surface area contributed by atoms with Crippen LogP contribution in [0.5, 0.6) is 5.75 Å². The third-order valence-corrected chi connectivity index (χ3v) is 11.5. The summed E-state index contributed by atoms with van der Waals surface area (Å²) < 4.78 is 16.2. The lowest BCUT2D eigenvalue weighted by Gasteiger charge is -2.39. The van der Waals surface area contributed by atoms with Gasteiger partial charge in [-0.05, 0) is 101 Å². The summed E-state index contributed by atoms with van der Waals surface area (Å²) in [5.74, 6) is 2.28. The van der Waals surface area contributed by atoms with E-state index in [0.717, 1.165) is 47.5 Å². The SMILES string of the molecule is COc1cc(C(=O)N2C[C@H]3CC[C@@H]2[C@@H]3NC(=O)OC(C)(C)C)cc2nc(-c3cc4cccnc4n3CC3CC3)n(CC3CN(C(=O)c4ccccc4)C3)c12. The standard InChI is InChI=1S/C42H47N7O5/c1-42(2,3)54-41(52)45-35-29-14-15-32(35)48(24-29)40(51)30-17-31-36(34(19-30)53-4)49(23-26-20-46(21-26)39(50)27-9-6-5-7-10-27)38(44-31)33-18-28-11-8-16-43-37(28)47(33)22-25-12-13-25/h5-11,16-19,25-26,29,32,35H,12-15,20-24H2,1-4H3,(H,45,52)/t29-,32-,35-/m1/s1. The van der Waals surface area contributed by atoms with Gasteiger partial charge in [-0.1, -0.05) is 18.2 Å². The fourth-order valence-electron chi connectivity index (χ4n) is 8.83. The summed E-state index contributed by atoms with van der Waals surface area (Å²) in [6, 6.07) is 19.1. The Labute approximate surface area is 314 Å². The first-order chi connectivity index (χ1) is 26.0. The molecule has 3 amide bonds. The first-order valence-electron chi connectivity index (χ1n) is 19.2. The lowest BCUT2D eigenvalue weighted by Crippen LogP contribution is -2.51. The molecule has 2 aromatic carbocycles. The fourth-order valence-corrected chi connectivity index (χ4v) is 8.83. The number of amides is 3. The van der Waals surface area contributed by atoms with Crippen molar-refractivity contribution in [3.63, 3.8) is 0 Å². The average Bonchev–Trinajstić information content (AvgIpc) is 3.45. The molecule has 2 aliphatic heterocycles. The van der Waals surface area contributed by atoms with Crippen LogP contribution in [0, 0.1) is 17.8 Å². The van der Waals surface area contributed by atoms with Gasteiger partial charge in [-0.25, -0.2) is 14.8 Å². The molecule has 0 spiro atoms. The van der Waals surface area contributed by atoms with Gasteiger partial charge in [0.05, 0.1) is 30.4 Å². The van der Waals surface area contributed by atoms with Gasteiger partial charge in [-0.3, -0.25) is 9.59 Å². The number of methoxy groups -OCH3 is 1. The molecular formula is C42H47N7O5. The molecule has 3 atom stereocenters. The number of nitrogens with zero attached hydrogens (tertiary/aromatic N) is 6. The van der Waals surface area contributed by atoms with Gasteiger partial charge in [0, 0.05) is 61.4 Å². The number of rotatable bonds is 9. The van der Waals surface area contributed by atoms with Gasteiger partial charge < -0.3 is 33.7 Å². The van der Waals surface area contributed by atoms with Crippen LogP contribution in [0.2, 0.25) is 0 Å². The number of fused-ring (bicyclic) bond motifs is 4. The number of hydrogen-bond acceptors (Lipinski definition) is 7. The largest absolute Gasteiger partial charge is 0.494 e. The predicted molar refractivity (Wildman–Crippen MR) is 204 cm³/mol. The normalized spacial score (nSPS) is 21.1. The molecule has 2 saturated carbocycles. The van der Waals surface area contributed by atoms with E-state index in [-0.39, 0.29) is 35.7 Å². The van der Waals surface area contributed by atoms with Crippen LogP contribution in [-0.2, 0) is 17.8 Å². The second-order valence-corrected chi connectivity index (χ2v) is 16.6. The molecule has 2 bridgehead atoms. The van der Waals surface area contributed by atoms with Crippen LogP contribution in [-0.4, -0.2) is 91.2 Å². The zero-order valence-electron chi connectivity index (χ0n) is 31.3. The van der Waals surface area contributed by atoms with Crippen LogP contribution in [0.15, 0.2) is 66.9 Å². The van der Waals surface area contributed by atoms with E-state index in [1.54, 1.807) is 7.11 Å². The van der Waals surface area contributed by atoms with Crippen LogP contribution in [0.4, 0.5) is 4.79 Å². The number of imidazole rings is 1. The fraction of sp³-hybridized carbons (Fsp3) is 0.452. The van der Waals surface area contributed by atoms with Crippen molar-refractivity contribution in [1.29, 1.82) is 0 Å².